The highest BCUT2D eigenvalue weighted by Crippen LogP contribution is 2.19. The van der Waals surface area contributed by atoms with Gasteiger partial charge in [0, 0.05) is 12.1 Å². The average Bonchev–Trinajstić information content (AvgIpc) is 2.32. The van der Waals surface area contributed by atoms with E-state index in [4.69, 9.17) is 14.7 Å². The summed E-state index contributed by atoms with van der Waals surface area (Å²) in [6.07, 6.45) is -0.608. The topological polar surface area (TPSA) is 71.3 Å². The van der Waals surface area contributed by atoms with Gasteiger partial charge < -0.3 is 14.8 Å². The highest BCUT2D eigenvalue weighted by molar-refractivity contribution is 5.67. The lowest BCUT2D eigenvalue weighted by molar-refractivity contribution is 0.0520. The van der Waals surface area contributed by atoms with Crippen LogP contribution in [0.25, 0.3) is 0 Å². The van der Waals surface area contributed by atoms with Gasteiger partial charge in [-0.05, 0) is 20.8 Å². The molecule has 5 nitrogen and oxygen atoms in total. The molecule has 0 radical (unpaired) electrons. The van der Waals surface area contributed by atoms with Crippen molar-refractivity contribution < 1.29 is 23.0 Å². The SMILES string of the molecule is CC(C)(C)OC(=O)NCCOc1cc(F)c(C#N)c(F)c1. The lowest BCUT2D eigenvalue weighted by Crippen LogP contribution is -2.34. The van der Waals surface area contributed by atoms with E-state index in [1.807, 2.05) is 0 Å². The van der Waals surface area contributed by atoms with Gasteiger partial charge in [0.05, 0.1) is 6.54 Å². The van der Waals surface area contributed by atoms with E-state index in [9.17, 15) is 13.6 Å². The Labute approximate surface area is 121 Å². The maximum absolute atomic E-state index is 13.3. The number of nitrogens with zero attached hydrogens (tertiary/aromatic N) is 1. The molecule has 0 aromatic heterocycles. The van der Waals surface area contributed by atoms with E-state index in [0.29, 0.717) is 0 Å². The molecule has 0 aliphatic heterocycles. The van der Waals surface area contributed by atoms with Gasteiger partial charge in [0.2, 0.25) is 0 Å². The Bertz CT molecular complexity index is 539. The highest BCUT2D eigenvalue weighted by atomic mass is 19.1. The smallest absolute Gasteiger partial charge is 0.407 e. The predicted molar refractivity (Wildman–Crippen MR) is 70.8 cm³/mol. The molecule has 21 heavy (non-hydrogen) atoms. The molecule has 0 atom stereocenters. The van der Waals surface area contributed by atoms with E-state index in [0.717, 1.165) is 12.1 Å². The number of amides is 1. The number of nitriles is 1. The molecule has 0 aliphatic carbocycles. The van der Waals surface area contributed by atoms with Crippen LogP contribution in [-0.2, 0) is 4.74 Å². The van der Waals surface area contributed by atoms with Crippen LogP contribution in [0.15, 0.2) is 12.1 Å². The van der Waals surface area contributed by atoms with E-state index in [2.05, 4.69) is 5.32 Å². The van der Waals surface area contributed by atoms with Gasteiger partial charge in [-0.25, -0.2) is 13.6 Å². The van der Waals surface area contributed by atoms with E-state index in [1.165, 1.54) is 6.07 Å². The third kappa shape index (κ3) is 5.65. The van der Waals surface area contributed by atoms with Gasteiger partial charge in [-0.2, -0.15) is 5.26 Å². The van der Waals surface area contributed by atoms with Crippen molar-refractivity contribution in [3.8, 4) is 11.8 Å². The zero-order valence-corrected chi connectivity index (χ0v) is 12.0. The van der Waals surface area contributed by atoms with Crippen LogP contribution in [0.5, 0.6) is 5.75 Å². The maximum Gasteiger partial charge on any atom is 0.407 e. The number of carbonyl (C=O) groups excluding carboxylic acids is 1. The summed E-state index contributed by atoms with van der Waals surface area (Å²) in [7, 11) is 0. The van der Waals surface area contributed by atoms with Crippen molar-refractivity contribution in [2.24, 2.45) is 0 Å². The first-order chi connectivity index (χ1) is 9.73. The Morgan fingerprint density at radius 2 is 1.90 bits per heavy atom. The van der Waals surface area contributed by atoms with Gasteiger partial charge in [0.25, 0.3) is 0 Å². The molecule has 0 bridgehead atoms. The number of ether oxygens (including phenoxy) is 2. The van der Waals surface area contributed by atoms with Crippen LogP contribution in [0.2, 0.25) is 0 Å². The summed E-state index contributed by atoms with van der Waals surface area (Å²) in [5.41, 5.74) is -1.26. The first kappa shape index (κ1) is 16.7. The summed E-state index contributed by atoms with van der Waals surface area (Å²) >= 11 is 0. The van der Waals surface area contributed by atoms with Crippen LogP contribution >= 0.6 is 0 Å². The van der Waals surface area contributed by atoms with Crippen molar-refractivity contribution in [2.75, 3.05) is 13.2 Å². The fraction of sp³-hybridized carbons (Fsp3) is 0.429. The highest BCUT2D eigenvalue weighted by Gasteiger charge is 2.15. The van der Waals surface area contributed by atoms with Gasteiger partial charge in [-0.15, -0.1) is 0 Å². The van der Waals surface area contributed by atoms with Crippen molar-refractivity contribution >= 4 is 6.09 Å². The van der Waals surface area contributed by atoms with Gasteiger partial charge >= 0.3 is 6.09 Å². The standard InChI is InChI=1S/C14H16F2N2O3/c1-14(2,3)21-13(19)18-4-5-20-9-6-11(15)10(8-17)12(16)7-9/h6-7H,4-5H2,1-3H3,(H,18,19). The zero-order chi connectivity index (χ0) is 16.0. The van der Waals surface area contributed by atoms with E-state index < -0.39 is 28.9 Å². The number of rotatable bonds is 4. The van der Waals surface area contributed by atoms with Gasteiger partial charge in [0.1, 0.15) is 41.2 Å². The summed E-state index contributed by atoms with van der Waals surface area (Å²) in [6, 6.07) is 3.24. The van der Waals surface area contributed by atoms with Crippen molar-refractivity contribution in [3.63, 3.8) is 0 Å². The Hall–Kier alpha value is -2.36. The van der Waals surface area contributed by atoms with Crippen LogP contribution in [0.3, 0.4) is 0 Å². The minimum atomic E-state index is -0.993. The molecule has 0 saturated heterocycles. The third-order valence-electron chi connectivity index (χ3n) is 2.17. The van der Waals surface area contributed by atoms with Crippen LogP contribution < -0.4 is 10.1 Å². The van der Waals surface area contributed by atoms with Crippen molar-refractivity contribution in [1.82, 2.24) is 5.32 Å². The number of halogens is 2. The molecule has 0 unspecified atom stereocenters. The summed E-state index contributed by atoms with van der Waals surface area (Å²) in [6.45, 7) is 5.30. The van der Waals surface area contributed by atoms with E-state index in [1.54, 1.807) is 20.8 Å². The molecule has 7 heteroatoms. The first-order valence-corrected chi connectivity index (χ1v) is 6.21. The molecular weight excluding hydrogens is 282 g/mol. The molecule has 0 spiro atoms. The number of hydrogen-bond donors (Lipinski definition) is 1. The lowest BCUT2D eigenvalue weighted by Gasteiger charge is -2.19. The fourth-order valence-electron chi connectivity index (χ4n) is 1.38. The van der Waals surface area contributed by atoms with Crippen LogP contribution in [0.4, 0.5) is 13.6 Å². The molecule has 0 heterocycles. The molecule has 1 amide bonds. The number of carbonyl (C=O) groups is 1. The second-order valence-corrected chi connectivity index (χ2v) is 5.15. The quantitative estimate of drug-likeness (QED) is 0.868. The van der Waals surface area contributed by atoms with Crippen molar-refractivity contribution in [1.29, 1.82) is 5.26 Å². The summed E-state index contributed by atoms with van der Waals surface area (Å²) in [5.74, 6) is -2.05. The summed E-state index contributed by atoms with van der Waals surface area (Å²) < 4.78 is 36.7. The number of benzene rings is 1. The summed E-state index contributed by atoms with van der Waals surface area (Å²) in [5, 5.41) is 11.0. The Morgan fingerprint density at radius 3 is 2.38 bits per heavy atom. The number of nitrogens with one attached hydrogen (secondary N) is 1. The first-order valence-electron chi connectivity index (χ1n) is 6.21. The van der Waals surface area contributed by atoms with Crippen LogP contribution in [-0.4, -0.2) is 24.8 Å². The second-order valence-electron chi connectivity index (χ2n) is 5.15. The molecular formula is C14H16F2N2O3. The molecule has 1 rings (SSSR count). The van der Waals surface area contributed by atoms with Crippen LogP contribution in [0.1, 0.15) is 26.3 Å². The third-order valence-corrected chi connectivity index (χ3v) is 2.17. The lowest BCUT2D eigenvalue weighted by atomic mass is 10.2. The molecule has 0 fully saturated rings. The minimum Gasteiger partial charge on any atom is -0.492 e. The second kappa shape index (κ2) is 6.88. The average molecular weight is 298 g/mol. The monoisotopic (exact) mass is 298 g/mol. The van der Waals surface area contributed by atoms with Gasteiger partial charge in [-0.3, -0.25) is 0 Å². The summed E-state index contributed by atoms with van der Waals surface area (Å²) in [4.78, 5) is 11.3. The largest absolute Gasteiger partial charge is 0.492 e. The predicted octanol–water partition coefficient (Wildman–Crippen LogP) is 2.74. The molecule has 114 valence electrons. The van der Waals surface area contributed by atoms with Gasteiger partial charge in [0.15, 0.2) is 0 Å². The van der Waals surface area contributed by atoms with Gasteiger partial charge in [-0.1, -0.05) is 0 Å². The number of alkyl carbamates (subject to hydrolysis) is 1. The molecule has 1 aromatic rings. The molecule has 0 aliphatic rings. The normalized spacial score (nSPS) is 10.7. The Kier molecular flexibility index (Phi) is 5.47. The van der Waals surface area contributed by atoms with Crippen molar-refractivity contribution in [3.05, 3.63) is 29.3 Å². The Balaban J connectivity index is 2.44. The zero-order valence-electron chi connectivity index (χ0n) is 12.0. The fourth-order valence-corrected chi connectivity index (χ4v) is 1.38. The molecule has 1 aromatic carbocycles. The molecule has 1 N–H and O–H groups in total. The minimum absolute atomic E-state index is 0.00399. The molecule has 0 saturated carbocycles. The Morgan fingerprint density at radius 1 is 1.33 bits per heavy atom. The van der Waals surface area contributed by atoms with E-state index in [-0.39, 0.29) is 18.9 Å². The maximum atomic E-state index is 13.3. The van der Waals surface area contributed by atoms with Crippen molar-refractivity contribution in [2.45, 2.75) is 26.4 Å². The van der Waals surface area contributed by atoms with E-state index >= 15 is 0 Å². The number of hydrogen-bond acceptors (Lipinski definition) is 4. The van der Waals surface area contributed by atoms with Crippen LogP contribution in [0, 0.1) is 23.0 Å².